The Hall–Kier alpha value is -1.30. The number of nitrogens with zero attached hydrogens (tertiary/aromatic N) is 1. The van der Waals surface area contributed by atoms with Gasteiger partial charge in [-0.3, -0.25) is 4.79 Å². The van der Waals surface area contributed by atoms with E-state index in [9.17, 15) is 4.79 Å². The van der Waals surface area contributed by atoms with Crippen molar-refractivity contribution in [2.75, 3.05) is 6.61 Å². The summed E-state index contributed by atoms with van der Waals surface area (Å²) in [6.07, 6.45) is 2.39. The highest BCUT2D eigenvalue weighted by Crippen LogP contribution is 2.27. The summed E-state index contributed by atoms with van der Waals surface area (Å²) in [6, 6.07) is 0.131. The normalized spacial score (nSPS) is 27.2. The molecule has 1 aliphatic carbocycles. The largest absolute Gasteiger partial charge is 0.409 e. The minimum absolute atomic E-state index is 0.0526. The average Bonchev–Trinajstić information content (AvgIpc) is 2.33. The fourth-order valence-corrected chi connectivity index (χ4v) is 1.97. The summed E-state index contributed by atoms with van der Waals surface area (Å²) >= 11 is 0. The number of nitrogens with one attached hydrogen (secondary N) is 1. The van der Waals surface area contributed by atoms with Gasteiger partial charge in [0.2, 0.25) is 5.91 Å². The van der Waals surface area contributed by atoms with Crippen LogP contribution in [0.15, 0.2) is 5.16 Å². The van der Waals surface area contributed by atoms with Crippen LogP contribution in [0.1, 0.15) is 40.0 Å². The molecule has 1 aliphatic rings. The van der Waals surface area contributed by atoms with Crippen molar-refractivity contribution in [2.45, 2.75) is 52.2 Å². The van der Waals surface area contributed by atoms with Crippen LogP contribution < -0.4 is 11.1 Å². The number of carbonyl (C=O) groups is 1. The number of hydrogen-bond acceptors (Lipinski definition) is 4. The quantitative estimate of drug-likeness (QED) is 0.284. The molecule has 4 N–H and O–H groups in total. The first-order valence-corrected chi connectivity index (χ1v) is 6.38. The van der Waals surface area contributed by atoms with Crippen LogP contribution in [-0.4, -0.2) is 35.7 Å². The van der Waals surface area contributed by atoms with Crippen LogP contribution >= 0.6 is 0 Å². The van der Waals surface area contributed by atoms with Gasteiger partial charge in [-0.05, 0) is 33.1 Å². The van der Waals surface area contributed by atoms with E-state index in [0.29, 0.717) is 13.0 Å². The second kappa shape index (κ2) is 6.04. The molecule has 1 amide bonds. The van der Waals surface area contributed by atoms with E-state index in [4.69, 9.17) is 15.7 Å². The zero-order chi connectivity index (χ0) is 13.8. The van der Waals surface area contributed by atoms with E-state index in [1.54, 1.807) is 6.92 Å². The predicted octanol–water partition coefficient (Wildman–Crippen LogP) is 0.833. The van der Waals surface area contributed by atoms with Gasteiger partial charge in [-0.2, -0.15) is 0 Å². The highest BCUT2D eigenvalue weighted by Gasteiger charge is 2.39. The van der Waals surface area contributed by atoms with Crippen molar-refractivity contribution >= 4 is 11.7 Å². The zero-order valence-corrected chi connectivity index (χ0v) is 11.3. The zero-order valence-electron chi connectivity index (χ0n) is 11.3. The fraction of sp³-hybridized carbons (Fsp3) is 0.833. The van der Waals surface area contributed by atoms with E-state index in [1.165, 1.54) is 0 Å². The Morgan fingerprint density at radius 3 is 2.61 bits per heavy atom. The van der Waals surface area contributed by atoms with E-state index in [0.717, 1.165) is 12.8 Å². The lowest BCUT2D eigenvalue weighted by Crippen LogP contribution is -2.55. The molecule has 1 atom stereocenters. The maximum Gasteiger partial charge on any atom is 0.233 e. The molecule has 0 aromatic rings. The molecule has 0 bridgehead atoms. The monoisotopic (exact) mass is 257 g/mol. The number of ether oxygens (including phenoxy) is 1. The van der Waals surface area contributed by atoms with Gasteiger partial charge in [-0.15, -0.1) is 0 Å². The molecule has 0 heterocycles. The van der Waals surface area contributed by atoms with Crippen LogP contribution in [0.2, 0.25) is 0 Å². The van der Waals surface area contributed by atoms with Crippen LogP contribution in [0.3, 0.4) is 0 Å². The van der Waals surface area contributed by atoms with Crippen LogP contribution in [0, 0.1) is 5.41 Å². The molecule has 0 saturated heterocycles. The fourth-order valence-electron chi connectivity index (χ4n) is 1.97. The number of hydrogen-bond donors (Lipinski definition) is 3. The highest BCUT2D eigenvalue weighted by molar-refractivity contribution is 6.06. The van der Waals surface area contributed by atoms with E-state index < -0.39 is 5.41 Å². The van der Waals surface area contributed by atoms with Crippen molar-refractivity contribution in [1.29, 1.82) is 0 Å². The Morgan fingerprint density at radius 1 is 1.56 bits per heavy atom. The molecule has 0 aliphatic heterocycles. The van der Waals surface area contributed by atoms with Crippen LogP contribution in [-0.2, 0) is 9.53 Å². The van der Waals surface area contributed by atoms with Crippen molar-refractivity contribution in [1.82, 2.24) is 5.32 Å². The number of rotatable bonds is 6. The standard InChI is InChI=1S/C12H23N3O3/c1-4-12(3,10(13)15-17)11(16)14-8-6-9(7-8)18-5-2/h8-9,17H,4-7H2,1-3H3,(H2,13,15)(H,14,16). The second-order valence-corrected chi connectivity index (χ2v) is 4.89. The maximum atomic E-state index is 12.1. The molecular formula is C12H23N3O3. The number of amidine groups is 1. The first kappa shape index (κ1) is 14.8. The van der Waals surface area contributed by atoms with Gasteiger partial charge in [0.05, 0.1) is 6.10 Å². The third-order valence-electron chi connectivity index (χ3n) is 3.71. The Bertz CT molecular complexity index is 327. The molecule has 0 aromatic heterocycles. The Labute approximate surface area is 108 Å². The molecular weight excluding hydrogens is 234 g/mol. The van der Waals surface area contributed by atoms with E-state index in [2.05, 4.69) is 10.5 Å². The van der Waals surface area contributed by atoms with Gasteiger partial charge in [0, 0.05) is 12.6 Å². The average molecular weight is 257 g/mol. The summed E-state index contributed by atoms with van der Waals surface area (Å²) in [4.78, 5) is 12.1. The van der Waals surface area contributed by atoms with Gasteiger partial charge in [-0.1, -0.05) is 12.1 Å². The molecule has 0 aromatic carbocycles. The Morgan fingerprint density at radius 2 is 2.17 bits per heavy atom. The molecule has 1 rings (SSSR count). The van der Waals surface area contributed by atoms with Gasteiger partial charge in [0.25, 0.3) is 0 Å². The van der Waals surface area contributed by atoms with Gasteiger partial charge in [-0.25, -0.2) is 0 Å². The summed E-state index contributed by atoms with van der Waals surface area (Å²) in [5.41, 5.74) is 4.63. The molecule has 6 heteroatoms. The lowest BCUT2D eigenvalue weighted by molar-refractivity contribution is -0.129. The number of carbonyl (C=O) groups excluding carboxylic acids is 1. The van der Waals surface area contributed by atoms with Crippen molar-refractivity contribution in [3.05, 3.63) is 0 Å². The molecule has 18 heavy (non-hydrogen) atoms. The molecule has 1 saturated carbocycles. The topological polar surface area (TPSA) is 96.9 Å². The highest BCUT2D eigenvalue weighted by atomic mass is 16.5. The van der Waals surface area contributed by atoms with Gasteiger partial charge < -0.3 is 21.0 Å². The van der Waals surface area contributed by atoms with Crippen LogP contribution in [0.25, 0.3) is 0 Å². The molecule has 104 valence electrons. The summed E-state index contributed by atoms with van der Waals surface area (Å²) in [5.74, 6) is -0.247. The first-order valence-electron chi connectivity index (χ1n) is 6.38. The summed E-state index contributed by atoms with van der Waals surface area (Å²) in [5, 5.41) is 14.6. The summed E-state index contributed by atoms with van der Waals surface area (Å²) in [6.45, 7) is 6.16. The summed E-state index contributed by atoms with van der Waals surface area (Å²) in [7, 11) is 0. The molecule has 6 nitrogen and oxygen atoms in total. The van der Waals surface area contributed by atoms with Crippen molar-refractivity contribution in [3.63, 3.8) is 0 Å². The third kappa shape index (κ3) is 2.93. The Balaban J connectivity index is 2.50. The van der Waals surface area contributed by atoms with Crippen LogP contribution in [0.4, 0.5) is 0 Å². The predicted molar refractivity (Wildman–Crippen MR) is 68.4 cm³/mol. The van der Waals surface area contributed by atoms with E-state index in [1.807, 2.05) is 13.8 Å². The third-order valence-corrected chi connectivity index (χ3v) is 3.71. The van der Waals surface area contributed by atoms with Gasteiger partial charge in [0.1, 0.15) is 5.41 Å². The summed E-state index contributed by atoms with van der Waals surface area (Å²) < 4.78 is 5.43. The Kier molecular flexibility index (Phi) is 4.95. The maximum absolute atomic E-state index is 12.1. The molecule has 0 spiro atoms. The molecule has 0 radical (unpaired) electrons. The minimum Gasteiger partial charge on any atom is -0.409 e. The van der Waals surface area contributed by atoms with Gasteiger partial charge in [0.15, 0.2) is 5.84 Å². The molecule has 1 unspecified atom stereocenters. The van der Waals surface area contributed by atoms with E-state index in [-0.39, 0.29) is 23.9 Å². The van der Waals surface area contributed by atoms with Crippen LogP contribution in [0.5, 0.6) is 0 Å². The van der Waals surface area contributed by atoms with Gasteiger partial charge >= 0.3 is 0 Å². The number of oxime groups is 1. The SMILES string of the molecule is CCOC1CC(NC(=O)C(C)(CC)C(N)=NO)C1. The van der Waals surface area contributed by atoms with Crippen molar-refractivity contribution in [2.24, 2.45) is 16.3 Å². The van der Waals surface area contributed by atoms with Crippen molar-refractivity contribution in [3.8, 4) is 0 Å². The number of nitrogens with two attached hydrogens (primary N) is 1. The smallest absolute Gasteiger partial charge is 0.233 e. The molecule has 1 fully saturated rings. The van der Waals surface area contributed by atoms with E-state index >= 15 is 0 Å². The first-order chi connectivity index (χ1) is 8.47. The number of amides is 1. The van der Waals surface area contributed by atoms with Crippen molar-refractivity contribution < 1.29 is 14.7 Å². The lowest BCUT2D eigenvalue weighted by atomic mass is 9.82. The minimum atomic E-state index is -0.953. The lowest BCUT2D eigenvalue weighted by Gasteiger charge is -2.37. The second-order valence-electron chi connectivity index (χ2n) is 4.89.